The molecule has 1 saturated heterocycles. The smallest absolute Gasteiger partial charge is 0.410 e. The minimum atomic E-state index is -0.418. The van der Waals surface area contributed by atoms with Crippen molar-refractivity contribution >= 4 is 6.09 Å². The molecule has 1 heterocycles. The van der Waals surface area contributed by atoms with Gasteiger partial charge in [-0.3, -0.25) is 0 Å². The molecule has 1 N–H and O–H groups in total. The van der Waals surface area contributed by atoms with Crippen molar-refractivity contribution < 1.29 is 9.53 Å². The molecule has 21 heavy (non-hydrogen) atoms. The molecule has 2 unspecified atom stereocenters. The molecule has 0 aliphatic carbocycles. The summed E-state index contributed by atoms with van der Waals surface area (Å²) in [5.41, 5.74) is -0.105. The van der Waals surface area contributed by atoms with Crippen LogP contribution in [0.5, 0.6) is 0 Å². The van der Waals surface area contributed by atoms with Gasteiger partial charge in [0.05, 0.1) is 0 Å². The fraction of sp³-hybridized carbons (Fsp3) is 0.941. The van der Waals surface area contributed by atoms with Crippen LogP contribution in [0.25, 0.3) is 0 Å². The van der Waals surface area contributed by atoms with Crippen LogP contribution in [0.2, 0.25) is 0 Å². The van der Waals surface area contributed by atoms with Crippen LogP contribution in [0.15, 0.2) is 0 Å². The molecule has 0 radical (unpaired) electrons. The highest BCUT2D eigenvalue weighted by atomic mass is 16.6. The summed E-state index contributed by atoms with van der Waals surface area (Å²) in [5, 5.41) is 3.53. The molecule has 1 aliphatic heterocycles. The fourth-order valence-electron chi connectivity index (χ4n) is 2.38. The maximum atomic E-state index is 12.2. The van der Waals surface area contributed by atoms with Crippen molar-refractivity contribution in [3.05, 3.63) is 0 Å². The molecule has 0 aromatic carbocycles. The van der Waals surface area contributed by atoms with Gasteiger partial charge in [0, 0.05) is 19.1 Å². The van der Waals surface area contributed by atoms with Crippen LogP contribution in [0.1, 0.15) is 61.3 Å². The van der Waals surface area contributed by atoms with Gasteiger partial charge in [-0.15, -0.1) is 0 Å². The van der Waals surface area contributed by atoms with E-state index in [1.165, 1.54) is 0 Å². The fourth-order valence-corrected chi connectivity index (χ4v) is 2.38. The highest BCUT2D eigenvalue weighted by molar-refractivity contribution is 5.69. The van der Waals surface area contributed by atoms with E-state index < -0.39 is 5.60 Å². The molecule has 1 rings (SSSR count). The third kappa shape index (κ3) is 6.25. The second kappa shape index (κ2) is 6.99. The summed E-state index contributed by atoms with van der Waals surface area (Å²) in [5.74, 6) is 0.605. The SMILES string of the molecule is CC(CNCC1CCCN1C(=O)OC(C)(C)C)C(C)(C)C. The van der Waals surface area contributed by atoms with Crippen LogP contribution in [-0.4, -0.2) is 42.3 Å². The average molecular weight is 298 g/mol. The van der Waals surface area contributed by atoms with Crippen molar-refractivity contribution in [2.45, 2.75) is 73.0 Å². The zero-order chi connectivity index (χ0) is 16.3. The highest BCUT2D eigenvalue weighted by Gasteiger charge is 2.32. The topological polar surface area (TPSA) is 41.6 Å². The number of rotatable bonds is 4. The molecule has 1 aliphatic rings. The molecule has 0 aromatic rings. The van der Waals surface area contributed by atoms with Gasteiger partial charge >= 0.3 is 6.09 Å². The number of hydrogen-bond acceptors (Lipinski definition) is 3. The number of hydrogen-bond donors (Lipinski definition) is 1. The number of likely N-dealkylation sites (tertiary alicyclic amines) is 1. The van der Waals surface area contributed by atoms with E-state index in [1.807, 2.05) is 25.7 Å². The van der Waals surface area contributed by atoms with Gasteiger partial charge in [-0.25, -0.2) is 4.79 Å². The Morgan fingerprint density at radius 2 is 1.90 bits per heavy atom. The molecule has 1 fully saturated rings. The van der Waals surface area contributed by atoms with Crippen LogP contribution < -0.4 is 5.32 Å². The van der Waals surface area contributed by atoms with Crippen molar-refractivity contribution in [1.82, 2.24) is 10.2 Å². The number of nitrogens with one attached hydrogen (secondary N) is 1. The minimum Gasteiger partial charge on any atom is -0.444 e. The van der Waals surface area contributed by atoms with Gasteiger partial charge in [0.2, 0.25) is 0 Å². The lowest BCUT2D eigenvalue weighted by Crippen LogP contribution is -2.45. The van der Waals surface area contributed by atoms with Crippen molar-refractivity contribution in [3.8, 4) is 0 Å². The summed E-state index contributed by atoms with van der Waals surface area (Å²) in [6.45, 7) is 17.5. The quantitative estimate of drug-likeness (QED) is 0.861. The molecule has 4 heteroatoms. The van der Waals surface area contributed by atoms with Gasteiger partial charge in [0.1, 0.15) is 5.60 Å². The predicted molar refractivity (Wildman–Crippen MR) is 87.5 cm³/mol. The normalized spacial score (nSPS) is 21.5. The first-order valence-corrected chi connectivity index (χ1v) is 8.21. The maximum absolute atomic E-state index is 12.2. The summed E-state index contributed by atoms with van der Waals surface area (Å²) in [6, 6.07) is 0.270. The van der Waals surface area contributed by atoms with E-state index in [-0.39, 0.29) is 12.1 Å². The molecule has 0 bridgehead atoms. The second-order valence-corrected chi connectivity index (χ2v) is 8.40. The lowest BCUT2D eigenvalue weighted by Gasteiger charge is -2.30. The third-order valence-corrected chi connectivity index (χ3v) is 4.31. The summed E-state index contributed by atoms with van der Waals surface area (Å²) in [4.78, 5) is 14.1. The second-order valence-electron chi connectivity index (χ2n) is 8.40. The van der Waals surface area contributed by atoms with Crippen LogP contribution in [0.4, 0.5) is 4.79 Å². The third-order valence-electron chi connectivity index (χ3n) is 4.31. The molecular formula is C17H34N2O2. The van der Waals surface area contributed by atoms with Crippen LogP contribution in [0, 0.1) is 11.3 Å². The average Bonchev–Trinajstić information content (AvgIpc) is 2.73. The van der Waals surface area contributed by atoms with Gasteiger partial charge in [0.15, 0.2) is 0 Å². The van der Waals surface area contributed by atoms with Crippen molar-refractivity contribution in [1.29, 1.82) is 0 Å². The molecule has 4 nitrogen and oxygen atoms in total. The standard InChI is InChI=1S/C17H34N2O2/c1-13(16(2,3)4)11-18-12-14-9-8-10-19(14)15(20)21-17(5,6)7/h13-14,18H,8-12H2,1-7H3. The molecule has 124 valence electrons. The summed E-state index contributed by atoms with van der Waals surface area (Å²) < 4.78 is 5.49. The predicted octanol–water partition coefficient (Wildman–Crippen LogP) is 3.66. The Hall–Kier alpha value is -0.770. The first-order chi connectivity index (χ1) is 9.50. The van der Waals surface area contributed by atoms with Crippen molar-refractivity contribution in [3.63, 3.8) is 0 Å². The number of nitrogens with zero attached hydrogens (tertiary/aromatic N) is 1. The molecular weight excluding hydrogens is 264 g/mol. The van der Waals surface area contributed by atoms with Crippen LogP contribution in [0.3, 0.4) is 0 Å². The number of ether oxygens (including phenoxy) is 1. The minimum absolute atomic E-state index is 0.171. The molecule has 0 spiro atoms. The monoisotopic (exact) mass is 298 g/mol. The number of amides is 1. The van der Waals surface area contributed by atoms with E-state index in [0.717, 1.165) is 32.5 Å². The zero-order valence-electron chi connectivity index (χ0n) is 15.0. The van der Waals surface area contributed by atoms with E-state index in [1.54, 1.807) is 0 Å². The van der Waals surface area contributed by atoms with Gasteiger partial charge in [0.25, 0.3) is 0 Å². The largest absolute Gasteiger partial charge is 0.444 e. The van der Waals surface area contributed by atoms with E-state index in [9.17, 15) is 4.79 Å². The first-order valence-electron chi connectivity index (χ1n) is 8.21. The lowest BCUT2D eigenvalue weighted by molar-refractivity contribution is 0.0225. The van der Waals surface area contributed by atoms with Crippen LogP contribution >= 0.6 is 0 Å². The van der Waals surface area contributed by atoms with Gasteiger partial charge in [-0.2, -0.15) is 0 Å². The first kappa shape index (κ1) is 18.3. The zero-order valence-corrected chi connectivity index (χ0v) is 15.0. The summed E-state index contributed by atoms with van der Waals surface area (Å²) in [6.07, 6.45) is 1.96. The molecule has 2 atom stereocenters. The van der Waals surface area contributed by atoms with Gasteiger partial charge < -0.3 is 15.0 Å². The Balaban J connectivity index is 2.42. The van der Waals surface area contributed by atoms with Crippen molar-refractivity contribution in [2.75, 3.05) is 19.6 Å². The number of carbonyl (C=O) groups excluding carboxylic acids is 1. The Kier molecular flexibility index (Phi) is 6.09. The molecule has 1 amide bonds. The van der Waals surface area contributed by atoms with Crippen LogP contribution in [-0.2, 0) is 4.74 Å². The Morgan fingerprint density at radius 3 is 2.43 bits per heavy atom. The van der Waals surface area contributed by atoms with E-state index in [4.69, 9.17) is 4.74 Å². The van der Waals surface area contributed by atoms with E-state index in [0.29, 0.717) is 11.3 Å². The Morgan fingerprint density at radius 1 is 1.29 bits per heavy atom. The summed E-state index contributed by atoms with van der Waals surface area (Å²) >= 11 is 0. The van der Waals surface area contributed by atoms with E-state index >= 15 is 0 Å². The highest BCUT2D eigenvalue weighted by Crippen LogP contribution is 2.25. The lowest BCUT2D eigenvalue weighted by atomic mass is 9.82. The van der Waals surface area contributed by atoms with E-state index in [2.05, 4.69) is 33.0 Å². The molecule has 0 saturated carbocycles. The Labute approximate surface area is 130 Å². The maximum Gasteiger partial charge on any atom is 0.410 e. The van der Waals surface area contributed by atoms with Gasteiger partial charge in [-0.05, 0) is 51.5 Å². The summed E-state index contributed by atoms with van der Waals surface area (Å²) in [7, 11) is 0. The Bertz CT molecular complexity index is 342. The van der Waals surface area contributed by atoms with Crippen molar-refractivity contribution in [2.24, 2.45) is 11.3 Å². The van der Waals surface area contributed by atoms with Gasteiger partial charge in [-0.1, -0.05) is 27.7 Å². The molecule has 0 aromatic heterocycles. The number of carbonyl (C=O) groups is 1.